The Morgan fingerprint density at radius 2 is 1.65 bits per heavy atom. The molecule has 0 heterocycles. The van der Waals surface area contributed by atoms with Crippen molar-refractivity contribution < 1.29 is 18.3 Å². The van der Waals surface area contributed by atoms with Crippen LogP contribution in [0.4, 0.5) is 13.2 Å². The van der Waals surface area contributed by atoms with Crippen LogP contribution in [0.1, 0.15) is 18.1 Å². The first-order chi connectivity index (χ1) is 9.26. The summed E-state index contributed by atoms with van der Waals surface area (Å²) in [6.45, 7) is 1.17. The number of benzene rings is 2. The number of aliphatic hydroxyl groups is 1. The third-order valence-electron chi connectivity index (χ3n) is 3.04. The highest BCUT2D eigenvalue weighted by atomic mass is 79.9. The van der Waals surface area contributed by atoms with E-state index in [4.69, 9.17) is 11.6 Å². The quantitative estimate of drug-likeness (QED) is 0.760. The van der Waals surface area contributed by atoms with Crippen LogP contribution >= 0.6 is 27.5 Å². The second-order valence-electron chi connectivity index (χ2n) is 4.40. The van der Waals surface area contributed by atoms with Gasteiger partial charge in [-0.15, -0.1) is 0 Å². The van der Waals surface area contributed by atoms with Gasteiger partial charge in [-0.2, -0.15) is 0 Å². The fourth-order valence-electron chi connectivity index (χ4n) is 1.93. The zero-order chi connectivity index (χ0) is 15.1. The van der Waals surface area contributed by atoms with Crippen LogP contribution in [0.3, 0.4) is 0 Å². The van der Waals surface area contributed by atoms with Gasteiger partial charge in [-0.1, -0.05) is 29.8 Å². The fraction of sp³-hybridized carbons (Fsp3) is 0.143. The fourth-order valence-corrected chi connectivity index (χ4v) is 2.40. The molecule has 2 aromatic carbocycles. The molecule has 0 saturated heterocycles. The normalized spacial score (nSPS) is 14.2. The average molecular weight is 366 g/mol. The smallest absolute Gasteiger partial charge is 0.165 e. The van der Waals surface area contributed by atoms with Crippen LogP contribution in [0.15, 0.2) is 34.8 Å². The molecular formula is C14H9BrClF3O. The standard InChI is InChI=1S/C14H9BrClF3O/c1-14(20,7-3-2-4-10(17)12(7)18)8-5-6-9(15)11(16)13(8)19/h2-6,20H,1H3. The molecule has 0 radical (unpaired) electrons. The highest BCUT2D eigenvalue weighted by Gasteiger charge is 2.33. The van der Waals surface area contributed by atoms with Gasteiger partial charge in [-0.25, -0.2) is 13.2 Å². The second-order valence-corrected chi connectivity index (χ2v) is 5.63. The highest BCUT2D eigenvalue weighted by Crippen LogP contribution is 2.37. The van der Waals surface area contributed by atoms with Crippen LogP contribution < -0.4 is 0 Å². The van der Waals surface area contributed by atoms with Gasteiger partial charge in [0, 0.05) is 15.6 Å². The molecule has 0 aliphatic carbocycles. The maximum absolute atomic E-state index is 14.1. The van der Waals surface area contributed by atoms with Crippen molar-refractivity contribution in [3.8, 4) is 0 Å². The molecule has 2 rings (SSSR count). The molecule has 1 nitrogen and oxygen atoms in total. The van der Waals surface area contributed by atoms with Gasteiger partial charge in [0.2, 0.25) is 0 Å². The molecule has 0 saturated carbocycles. The van der Waals surface area contributed by atoms with Crippen LogP contribution in [-0.2, 0) is 5.60 Å². The Kier molecular flexibility index (Phi) is 4.14. The van der Waals surface area contributed by atoms with E-state index in [1.807, 2.05) is 0 Å². The van der Waals surface area contributed by atoms with Crippen molar-refractivity contribution in [2.45, 2.75) is 12.5 Å². The van der Waals surface area contributed by atoms with E-state index in [1.54, 1.807) is 0 Å². The largest absolute Gasteiger partial charge is 0.380 e. The summed E-state index contributed by atoms with van der Waals surface area (Å²) in [5, 5.41) is 10.2. The zero-order valence-corrected chi connectivity index (χ0v) is 12.6. The molecule has 1 atom stereocenters. The summed E-state index contributed by atoms with van der Waals surface area (Å²) in [4.78, 5) is 0. The number of hydrogen-bond donors (Lipinski definition) is 1. The molecule has 0 bridgehead atoms. The van der Waals surface area contributed by atoms with E-state index >= 15 is 0 Å². The Bertz CT molecular complexity index is 674. The van der Waals surface area contributed by atoms with E-state index in [0.29, 0.717) is 4.47 Å². The molecule has 1 N–H and O–H groups in total. The third-order valence-corrected chi connectivity index (χ3v) is 4.29. The maximum atomic E-state index is 14.1. The number of hydrogen-bond acceptors (Lipinski definition) is 1. The lowest BCUT2D eigenvalue weighted by Crippen LogP contribution is -2.26. The van der Waals surface area contributed by atoms with Crippen molar-refractivity contribution in [1.82, 2.24) is 0 Å². The lowest BCUT2D eigenvalue weighted by atomic mass is 9.87. The first kappa shape index (κ1) is 15.4. The van der Waals surface area contributed by atoms with E-state index in [9.17, 15) is 18.3 Å². The van der Waals surface area contributed by atoms with Gasteiger partial charge in [0.25, 0.3) is 0 Å². The Balaban J connectivity index is 2.67. The van der Waals surface area contributed by atoms with Crippen molar-refractivity contribution in [3.05, 3.63) is 68.4 Å². The van der Waals surface area contributed by atoms with Crippen molar-refractivity contribution >= 4 is 27.5 Å². The minimum absolute atomic E-state index is 0.236. The van der Waals surface area contributed by atoms with Crippen LogP contribution in [0.2, 0.25) is 5.02 Å². The van der Waals surface area contributed by atoms with Gasteiger partial charge in [-0.05, 0) is 35.0 Å². The number of halogens is 5. The predicted octanol–water partition coefficient (Wildman–Crippen LogP) is 4.78. The monoisotopic (exact) mass is 364 g/mol. The summed E-state index contributed by atoms with van der Waals surface area (Å²) < 4.78 is 41.5. The van der Waals surface area contributed by atoms with E-state index in [0.717, 1.165) is 6.07 Å². The van der Waals surface area contributed by atoms with Crippen molar-refractivity contribution in [2.24, 2.45) is 0 Å². The Labute approximate surface area is 127 Å². The summed E-state index contributed by atoms with van der Waals surface area (Å²) in [6, 6.07) is 6.02. The molecular weight excluding hydrogens is 357 g/mol. The van der Waals surface area contributed by atoms with Crippen LogP contribution in [0.25, 0.3) is 0 Å². The summed E-state index contributed by atoms with van der Waals surface area (Å²) in [5.41, 5.74) is -2.66. The van der Waals surface area contributed by atoms with Gasteiger partial charge in [-0.3, -0.25) is 0 Å². The van der Waals surface area contributed by atoms with Crippen molar-refractivity contribution in [2.75, 3.05) is 0 Å². The average Bonchev–Trinajstić information content (AvgIpc) is 2.38. The van der Waals surface area contributed by atoms with Gasteiger partial charge >= 0.3 is 0 Å². The number of rotatable bonds is 2. The first-order valence-corrected chi connectivity index (χ1v) is 6.74. The van der Waals surface area contributed by atoms with Crippen molar-refractivity contribution in [1.29, 1.82) is 0 Å². The van der Waals surface area contributed by atoms with Gasteiger partial charge in [0.1, 0.15) is 11.4 Å². The Morgan fingerprint density at radius 1 is 1.05 bits per heavy atom. The third kappa shape index (κ3) is 2.45. The maximum Gasteiger partial charge on any atom is 0.165 e. The molecule has 0 aliphatic heterocycles. The van der Waals surface area contributed by atoms with Crippen LogP contribution in [0.5, 0.6) is 0 Å². The molecule has 106 valence electrons. The van der Waals surface area contributed by atoms with Gasteiger partial charge in [0.15, 0.2) is 11.6 Å². The summed E-state index contributed by atoms with van der Waals surface area (Å²) >= 11 is 8.79. The van der Waals surface area contributed by atoms with E-state index in [-0.39, 0.29) is 16.1 Å². The van der Waals surface area contributed by atoms with Gasteiger partial charge < -0.3 is 5.11 Å². The minimum atomic E-state index is -2.05. The zero-order valence-electron chi connectivity index (χ0n) is 10.2. The molecule has 0 amide bonds. The second kappa shape index (κ2) is 5.39. The van der Waals surface area contributed by atoms with E-state index < -0.39 is 23.1 Å². The Hall–Kier alpha value is -1.04. The molecule has 1 unspecified atom stereocenters. The predicted molar refractivity (Wildman–Crippen MR) is 74.1 cm³/mol. The Morgan fingerprint density at radius 3 is 2.30 bits per heavy atom. The molecule has 20 heavy (non-hydrogen) atoms. The minimum Gasteiger partial charge on any atom is -0.380 e. The lowest BCUT2D eigenvalue weighted by molar-refractivity contribution is 0.0928. The van der Waals surface area contributed by atoms with Gasteiger partial charge in [0.05, 0.1) is 5.02 Å². The molecule has 0 aliphatic rings. The summed E-state index contributed by atoms with van der Waals surface area (Å²) in [7, 11) is 0. The van der Waals surface area contributed by atoms with Crippen molar-refractivity contribution in [3.63, 3.8) is 0 Å². The first-order valence-electron chi connectivity index (χ1n) is 5.57. The van der Waals surface area contributed by atoms with Crippen LogP contribution in [0, 0.1) is 17.5 Å². The van der Waals surface area contributed by atoms with Crippen LogP contribution in [-0.4, -0.2) is 5.11 Å². The van der Waals surface area contributed by atoms with E-state index in [1.165, 1.54) is 31.2 Å². The SMILES string of the molecule is CC(O)(c1cccc(F)c1F)c1ccc(Br)c(Cl)c1F. The molecule has 0 aromatic heterocycles. The van der Waals surface area contributed by atoms with E-state index in [2.05, 4.69) is 15.9 Å². The molecule has 6 heteroatoms. The summed E-state index contributed by atoms with van der Waals surface area (Å²) in [5.74, 6) is -3.24. The molecule has 0 spiro atoms. The highest BCUT2D eigenvalue weighted by molar-refractivity contribution is 9.10. The molecule has 2 aromatic rings. The summed E-state index contributed by atoms with van der Waals surface area (Å²) in [6.07, 6.45) is 0. The molecule has 0 fully saturated rings. The topological polar surface area (TPSA) is 20.2 Å². The lowest BCUT2D eigenvalue weighted by Gasteiger charge is -2.26.